The van der Waals surface area contributed by atoms with Crippen molar-refractivity contribution in [3.63, 3.8) is 0 Å². The molecule has 18 heavy (non-hydrogen) atoms. The molecule has 0 unspecified atom stereocenters. The van der Waals surface area contributed by atoms with Crippen molar-refractivity contribution in [1.29, 1.82) is 0 Å². The lowest BCUT2D eigenvalue weighted by Gasteiger charge is -1.99. The van der Waals surface area contributed by atoms with Crippen molar-refractivity contribution in [2.24, 2.45) is 0 Å². The van der Waals surface area contributed by atoms with Gasteiger partial charge in [-0.25, -0.2) is 9.37 Å². The topological polar surface area (TPSA) is 34.4 Å². The molecule has 0 aliphatic heterocycles. The molecule has 2 heterocycles. The Morgan fingerprint density at radius 1 is 1.33 bits per heavy atom. The van der Waals surface area contributed by atoms with E-state index in [1.165, 1.54) is 23.5 Å². The maximum atomic E-state index is 12.9. The van der Waals surface area contributed by atoms with Gasteiger partial charge in [0.25, 0.3) is 0 Å². The van der Waals surface area contributed by atoms with E-state index in [1.54, 1.807) is 12.1 Å². The summed E-state index contributed by atoms with van der Waals surface area (Å²) in [5.41, 5.74) is 2.82. The molecule has 0 aliphatic rings. The molecule has 0 bridgehead atoms. The summed E-state index contributed by atoms with van der Waals surface area (Å²) in [6, 6.07) is 5.99. The third kappa shape index (κ3) is 1.55. The average Bonchev–Trinajstić information content (AvgIpc) is 2.91. The Balaban J connectivity index is 2.28. The van der Waals surface area contributed by atoms with Crippen molar-refractivity contribution in [2.45, 2.75) is 6.92 Å². The van der Waals surface area contributed by atoms with Crippen molar-refractivity contribution in [3.8, 4) is 11.3 Å². The summed E-state index contributed by atoms with van der Waals surface area (Å²) in [5.74, 6) is -0.302. The van der Waals surface area contributed by atoms with Crippen molar-refractivity contribution < 1.29 is 9.18 Å². The second-order valence-corrected chi connectivity index (χ2v) is 4.80. The van der Waals surface area contributed by atoms with Gasteiger partial charge in [0.1, 0.15) is 17.2 Å². The number of carbonyl (C=O) groups is 1. The number of halogens is 1. The van der Waals surface area contributed by atoms with Gasteiger partial charge in [0.15, 0.2) is 11.2 Å². The quantitative estimate of drug-likeness (QED) is 0.662. The largest absolute Gasteiger partial charge is 0.296 e. The SMILES string of the molecule is Cc1csc2nc(-c3ccc(F)cc3)c(C=O)n12. The van der Waals surface area contributed by atoms with E-state index in [1.807, 2.05) is 16.7 Å². The first kappa shape index (κ1) is 11.1. The monoisotopic (exact) mass is 260 g/mol. The van der Waals surface area contributed by atoms with Crippen LogP contribution in [0.15, 0.2) is 29.6 Å². The summed E-state index contributed by atoms with van der Waals surface area (Å²) in [4.78, 5) is 16.5. The molecular weight excluding hydrogens is 251 g/mol. The third-order valence-corrected chi connectivity index (χ3v) is 3.74. The molecule has 3 aromatic rings. The molecule has 3 rings (SSSR count). The van der Waals surface area contributed by atoms with Gasteiger partial charge in [-0.3, -0.25) is 9.20 Å². The lowest BCUT2D eigenvalue weighted by atomic mass is 10.1. The van der Waals surface area contributed by atoms with Gasteiger partial charge in [0.05, 0.1) is 0 Å². The van der Waals surface area contributed by atoms with Crippen LogP contribution >= 0.6 is 11.3 Å². The molecule has 0 radical (unpaired) electrons. The number of aryl methyl sites for hydroxylation is 1. The lowest BCUT2D eigenvalue weighted by Crippen LogP contribution is -1.93. The maximum absolute atomic E-state index is 12.9. The zero-order valence-corrected chi connectivity index (χ0v) is 10.4. The number of benzene rings is 1. The highest BCUT2D eigenvalue weighted by Crippen LogP contribution is 2.27. The van der Waals surface area contributed by atoms with Crippen LogP contribution < -0.4 is 0 Å². The van der Waals surface area contributed by atoms with E-state index in [-0.39, 0.29) is 5.82 Å². The Labute approximate surface area is 107 Å². The van der Waals surface area contributed by atoms with Gasteiger partial charge in [-0.15, -0.1) is 11.3 Å². The Kier molecular flexibility index (Phi) is 2.48. The third-order valence-electron chi connectivity index (χ3n) is 2.80. The summed E-state index contributed by atoms with van der Waals surface area (Å²) in [6.45, 7) is 1.92. The van der Waals surface area contributed by atoms with Crippen LogP contribution in [-0.2, 0) is 0 Å². The van der Waals surface area contributed by atoms with E-state index < -0.39 is 0 Å². The summed E-state index contributed by atoms with van der Waals surface area (Å²) < 4.78 is 14.7. The predicted octanol–water partition coefficient (Wildman–Crippen LogP) is 3.32. The van der Waals surface area contributed by atoms with Crippen LogP contribution in [0.4, 0.5) is 4.39 Å². The molecule has 0 saturated heterocycles. The molecule has 0 spiro atoms. The smallest absolute Gasteiger partial charge is 0.195 e. The van der Waals surface area contributed by atoms with Gasteiger partial charge in [-0.1, -0.05) is 0 Å². The van der Waals surface area contributed by atoms with E-state index in [4.69, 9.17) is 0 Å². The molecule has 0 N–H and O–H groups in total. The van der Waals surface area contributed by atoms with E-state index in [9.17, 15) is 9.18 Å². The number of rotatable bonds is 2. The zero-order chi connectivity index (χ0) is 12.7. The number of imidazole rings is 1. The molecule has 1 aromatic carbocycles. The van der Waals surface area contributed by atoms with Gasteiger partial charge in [0.2, 0.25) is 0 Å². The Hall–Kier alpha value is -2.01. The minimum Gasteiger partial charge on any atom is -0.296 e. The molecule has 0 aliphatic carbocycles. The Morgan fingerprint density at radius 2 is 2.06 bits per heavy atom. The van der Waals surface area contributed by atoms with Gasteiger partial charge in [0, 0.05) is 16.6 Å². The normalized spacial score (nSPS) is 11.0. The molecule has 0 atom stereocenters. The highest BCUT2D eigenvalue weighted by molar-refractivity contribution is 7.15. The molecular formula is C13H9FN2OS. The fraction of sp³-hybridized carbons (Fsp3) is 0.0769. The fourth-order valence-corrected chi connectivity index (χ4v) is 2.82. The number of hydrogen-bond acceptors (Lipinski definition) is 3. The minimum absolute atomic E-state index is 0.302. The van der Waals surface area contributed by atoms with Crippen LogP contribution in [0.5, 0.6) is 0 Å². The second kappa shape index (κ2) is 4.03. The summed E-state index contributed by atoms with van der Waals surface area (Å²) in [5, 5.41) is 1.95. The number of nitrogens with zero attached hydrogens (tertiary/aromatic N) is 2. The van der Waals surface area contributed by atoms with Crippen molar-refractivity contribution in [2.75, 3.05) is 0 Å². The van der Waals surface area contributed by atoms with Crippen LogP contribution in [-0.4, -0.2) is 15.7 Å². The van der Waals surface area contributed by atoms with Gasteiger partial charge >= 0.3 is 0 Å². The maximum Gasteiger partial charge on any atom is 0.195 e. The first-order valence-electron chi connectivity index (χ1n) is 5.38. The van der Waals surface area contributed by atoms with Gasteiger partial charge in [-0.05, 0) is 31.2 Å². The highest BCUT2D eigenvalue weighted by atomic mass is 32.1. The van der Waals surface area contributed by atoms with E-state index in [0.717, 1.165) is 22.5 Å². The van der Waals surface area contributed by atoms with E-state index in [2.05, 4.69) is 4.98 Å². The Bertz CT molecular complexity index is 727. The van der Waals surface area contributed by atoms with Gasteiger partial charge < -0.3 is 0 Å². The number of carbonyl (C=O) groups excluding carboxylic acids is 1. The number of thiazole rings is 1. The van der Waals surface area contributed by atoms with Crippen LogP contribution in [0.25, 0.3) is 16.2 Å². The molecule has 5 heteroatoms. The first-order chi connectivity index (χ1) is 8.70. The van der Waals surface area contributed by atoms with Crippen LogP contribution in [0.3, 0.4) is 0 Å². The molecule has 90 valence electrons. The zero-order valence-electron chi connectivity index (χ0n) is 9.55. The minimum atomic E-state index is -0.302. The van der Waals surface area contributed by atoms with Crippen molar-refractivity contribution in [1.82, 2.24) is 9.38 Å². The number of aromatic nitrogens is 2. The highest BCUT2D eigenvalue weighted by Gasteiger charge is 2.15. The average molecular weight is 260 g/mol. The second-order valence-electron chi connectivity index (χ2n) is 3.97. The van der Waals surface area contributed by atoms with Crippen LogP contribution in [0.1, 0.15) is 16.2 Å². The lowest BCUT2D eigenvalue weighted by molar-refractivity contribution is 0.111. The molecule has 0 saturated carbocycles. The summed E-state index contributed by atoms with van der Waals surface area (Å²) in [6.07, 6.45) is 0.790. The van der Waals surface area contributed by atoms with E-state index >= 15 is 0 Å². The number of hydrogen-bond donors (Lipinski definition) is 0. The van der Waals surface area contributed by atoms with Crippen molar-refractivity contribution >= 4 is 22.6 Å². The predicted molar refractivity (Wildman–Crippen MR) is 68.6 cm³/mol. The molecule has 0 fully saturated rings. The van der Waals surface area contributed by atoms with Gasteiger partial charge in [-0.2, -0.15) is 0 Å². The van der Waals surface area contributed by atoms with E-state index in [0.29, 0.717) is 11.4 Å². The number of fused-ring (bicyclic) bond motifs is 1. The molecule has 3 nitrogen and oxygen atoms in total. The summed E-state index contributed by atoms with van der Waals surface area (Å²) >= 11 is 1.48. The standard InChI is InChI=1S/C13H9FN2OS/c1-8-7-18-13-15-12(11(6-17)16(8)13)9-2-4-10(14)5-3-9/h2-7H,1H3. The molecule has 0 amide bonds. The summed E-state index contributed by atoms with van der Waals surface area (Å²) in [7, 11) is 0. The molecule has 2 aromatic heterocycles. The first-order valence-corrected chi connectivity index (χ1v) is 6.26. The fourth-order valence-electron chi connectivity index (χ4n) is 1.95. The van der Waals surface area contributed by atoms with Crippen LogP contribution in [0.2, 0.25) is 0 Å². The van der Waals surface area contributed by atoms with Crippen LogP contribution in [0, 0.1) is 12.7 Å². The Morgan fingerprint density at radius 3 is 2.72 bits per heavy atom. The number of aldehydes is 1. The van der Waals surface area contributed by atoms with Crippen molar-refractivity contribution in [3.05, 3.63) is 46.9 Å².